The Bertz CT molecular complexity index is 1130. The van der Waals surface area contributed by atoms with Gasteiger partial charge in [-0.15, -0.1) is 0 Å². The van der Waals surface area contributed by atoms with Crippen LogP contribution < -0.4 is 0 Å². The molecule has 0 spiro atoms. The highest BCUT2D eigenvalue weighted by Gasteiger charge is 2.36. The topological polar surface area (TPSA) is 78.9 Å². The van der Waals surface area contributed by atoms with E-state index in [-0.39, 0.29) is 11.4 Å². The Morgan fingerprint density at radius 1 is 1.30 bits per heavy atom. The van der Waals surface area contributed by atoms with E-state index in [1.165, 1.54) is 10.7 Å². The number of para-hydroxylation sites is 1. The van der Waals surface area contributed by atoms with Crippen LogP contribution in [0.15, 0.2) is 42.5 Å². The highest BCUT2D eigenvalue weighted by Crippen LogP contribution is 2.39. The molecule has 156 valence electrons. The number of aromatic nitrogens is 2. The smallest absolute Gasteiger partial charge is 0.329 e. The van der Waals surface area contributed by atoms with E-state index in [4.69, 9.17) is 22.0 Å². The summed E-state index contributed by atoms with van der Waals surface area (Å²) in [5.74, 6) is -1.98. The molecule has 3 rings (SSSR count). The zero-order valence-corrected chi connectivity index (χ0v) is 17.8. The van der Waals surface area contributed by atoms with Gasteiger partial charge in [-0.05, 0) is 35.6 Å². The van der Waals surface area contributed by atoms with Crippen molar-refractivity contribution in [2.24, 2.45) is 5.41 Å². The van der Waals surface area contributed by atoms with Gasteiger partial charge < -0.3 is 5.11 Å². The van der Waals surface area contributed by atoms with E-state index in [2.05, 4.69) is 6.07 Å². The fourth-order valence-electron chi connectivity index (χ4n) is 3.84. The predicted molar refractivity (Wildman–Crippen MR) is 114 cm³/mol. The van der Waals surface area contributed by atoms with Crippen molar-refractivity contribution in [2.75, 3.05) is 0 Å². The first-order valence-corrected chi connectivity index (χ1v) is 10.0. The van der Waals surface area contributed by atoms with E-state index in [1.54, 1.807) is 12.1 Å². The molecule has 0 saturated carbocycles. The number of hydrogen-bond donors (Lipinski definition) is 1. The summed E-state index contributed by atoms with van der Waals surface area (Å²) in [5.41, 5.74) is 0.988. The summed E-state index contributed by atoms with van der Waals surface area (Å²) >= 11 is 5.92. The maximum atomic E-state index is 14.8. The number of rotatable bonds is 6. The molecular weight excluding hydrogens is 405 g/mol. The molecule has 0 aliphatic carbocycles. The molecule has 2 aromatic carbocycles. The lowest BCUT2D eigenvalue weighted by molar-refractivity contribution is -0.144. The molecular formula is C23H23ClFN3O2. The van der Waals surface area contributed by atoms with Crippen molar-refractivity contribution in [2.45, 2.75) is 45.6 Å². The maximum Gasteiger partial charge on any atom is 0.329 e. The van der Waals surface area contributed by atoms with Crippen molar-refractivity contribution in [1.29, 1.82) is 5.26 Å². The standard InChI is InChI=1S/C23H23ClFN3O2/c1-23(2,3)21(22(29)30)28-19-9-5-4-7-17(19)20(27-28)16(8-6-12-26)15-11-10-14(24)13-18(15)25/h4-5,7,9-11,13,16,21H,6,8H2,1-3H3,(H,29,30). The summed E-state index contributed by atoms with van der Waals surface area (Å²) in [6.45, 7) is 5.52. The normalized spacial score (nSPS) is 13.7. The third-order valence-electron chi connectivity index (χ3n) is 5.15. The zero-order chi connectivity index (χ0) is 22.1. The van der Waals surface area contributed by atoms with Crippen LogP contribution in [0, 0.1) is 22.6 Å². The van der Waals surface area contributed by atoms with Crippen LogP contribution in [0.5, 0.6) is 0 Å². The van der Waals surface area contributed by atoms with Crippen molar-refractivity contribution in [3.63, 3.8) is 0 Å². The number of hydrogen-bond acceptors (Lipinski definition) is 3. The second kappa shape index (κ2) is 8.45. The van der Waals surface area contributed by atoms with Crippen molar-refractivity contribution >= 4 is 28.5 Å². The van der Waals surface area contributed by atoms with Crippen LogP contribution in [0.3, 0.4) is 0 Å². The largest absolute Gasteiger partial charge is 0.480 e. The lowest BCUT2D eigenvalue weighted by Gasteiger charge is -2.27. The van der Waals surface area contributed by atoms with Gasteiger partial charge in [0.1, 0.15) is 5.82 Å². The van der Waals surface area contributed by atoms with Gasteiger partial charge in [0.25, 0.3) is 0 Å². The van der Waals surface area contributed by atoms with Crippen molar-refractivity contribution in [1.82, 2.24) is 9.78 Å². The maximum absolute atomic E-state index is 14.8. The van der Waals surface area contributed by atoms with Gasteiger partial charge in [0, 0.05) is 22.7 Å². The average Bonchev–Trinajstić information content (AvgIpc) is 3.01. The number of carbonyl (C=O) groups is 1. The zero-order valence-electron chi connectivity index (χ0n) is 17.1. The summed E-state index contributed by atoms with van der Waals surface area (Å²) in [4.78, 5) is 12.1. The minimum Gasteiger partial charge on any atom is -0.480 e. The third-order valence-corrected chi connectivity index (χ3v) is 5.39. The Labute approximate surface area is 179 Å². The first-order valence-electron chi connectivity index (χ1n) is 9.67. The summed E-state index contributed by atoms with van der Waals surface area (Å²) in [7, 11) is 0. The number of benzene rings is 2. The van der Waals surface area contributed by atoms with Gasteiger partial charge in [0.2, 0.25) is 0 Å². The second-order valence-electron chi connectivity index (χ2n) is 8.37. The molecule has 0 saturated heterocycles. The number of nitriles is 1. The summed E-state index contributed by atoms with van der Waals surface area (Å²) in [5, 5.41) is 24.8. The van der Waals surface area contributed by atoms with E-state index in [1.807, 2.05) is 45.0 Å². The van der Waals surface area contributed by atoms with Gasteiger partial charge >= 0.3 is 5.97 Å². The van der Waals surface area contributed by atoms with Gasteiger partial charge in [-0.1, -0.05) is 56.6 Å². The van der Waals surface area contributed by atoms with Crippen LogP contribution >= 0.6 is 11.6 Å². The minimum absolute atomic E-state index is 0.204. The fraction of sp³-hybridized carbons (Fsp3) is 0.348. The van der Waals surface area contributed by atoms with E-state index < -0.39 is 29.2 Å². The molecule has 3 aromatic rings. The Hall–Kier alpha value is -2.91. The van der Waals surface area contributed by atoms with E-state index in [9.17, 15) is 14.3 Å². The van der Waals surface area contributed by atoms with E-state index >= 15 is 0 Å². The third kappa shape index (κ3) is 4.17. The highest BCUT2D eigenvalue weighted by atomic mass is 35.5. The molecule has 0 aliphatic rings. The molecule has 30 heavy (non-hydrogen) atoms. The van der Waals surface area contributed by atoms with Crippen LogP contribution in [0.25, 0.3) is 10.9 Å². The second-order valence-corrected chi connectivity index (χ2v) is 8.81. The van der Waals surface area contributed by atoms with Crippen molar-refractivity contribution in [3.8, 4) is 6.07 Å². The molecule has 5 nitrogen and oxygen atoms in total. The van der Waals surface area contributed by atoms with E-state index in [0.717, 1.165) is 5.39 Å². The molecule has 0 bridgehead atoms. The van der Waals surface area contributed by atoms with Gasteiger partial charge in [-0.2, -0.15) is 10.4 Å². The Morgan fingerprint density at radius 3 is 2.60 bits per heavy atom. The van der Waals surface area contributed by atoms with Gasteiger partial charge in [-0.3, -0.25) is 0 Å². The van der Waals surface area contributed by atoms with Crippen LogP contribution in [0.2, 0.25) is 5.02 Å². The SMILES string of the molecule is CC(C)(C)C(C(=O)O)n1nc(C(CCC#N)c2ccc(Cl)cc2F)c2ccccc21. The summed E-state index contributed by atoms with van der Waals surface area (Å²) in [6, 6.07) is 13.0. The van der Waals surface area contributed by atoms with Gasteiger partial charge in [-0.25, -0.2) is 13.9 Å². The number of fused-ring (bicyclic) bond motifs is 1. The lowest BCUT2D eigenvalue weighted by atomic mass is 9.87. The summed E-state index contributed by atoms with van der Waals surface area (Å²) < 4.78 is 16.3. The van der Waals surface area contributed by atoms with Crippen molar-refractivity contribution < 1.29 is 14.3 Å². The fourth-order valence-corrected chi connectivity index (χ4v) is 4.00. The van der Waals surface area contributed by atoms with Crippen LogP contribution in [0.4, 0.5) is 4.39 Å². The molecule has 7 heteroatoms. The van der Waals surface area contributed by atoms with Crippen molar-refractivity contribution in [3.05, 3.63) is 64.6 Å². The number of aliphatic carboxylic acids is 1. The molecule has 0 radical (unpaired) electrons. The highest BCUT2D eigenvalue weighted by molar-refractivity contribution is 6.30. The van der Waals surface area contributed by atoms with Gasteiger partial charge in [0.15, 0.2) is 6.04 Å². The van der Waals surface area contributed by atoms with Gasteiger partial charge in [0.05, 0.1) is 17.3 Å². The van der Waals surface area contributed by atoms with Crippen LogP contribution in [-0.4, -0.2) is 20.9 Å². The van der Waals surface area contributed by atoms with E-state index in [0.29, 0.717) is 23.2 Å². The monoisotopic (exact) mass is 427 g/mol. The number of carboxylic acids is 1. The quantitative estimate of drug-likeness (QED) is 0.528. The Balaban J connectivity index is 2.27. The first-order chi connectivity index (χ1) is 14.1. The molecule has 0 aliphatic heterocycles. The molecule has 2 unspecified atom stereocenters. The molecule has 0 amide bonds. The van der Waals surface area contributed by atoms with Crippen LogP contribution in [-0.2, 0) is 4.79 Å². The van der Waals surface area contributed by atoms with Crippen LogP contribution in [0.1, 0.15) is 56.8 Å². The number of halogens is 2. The first kappa shape index (κ1) is 21.8. The average molecular weight is 428 g/mol. The molecule has 1 heterocycles. The Morgan fingerprint density at radius 2 is 2.00 bits per heavy atom. The molecule has 1 N–H and O–H groups in total. The number of carboxylic acid groups (broad SMARTS) is 1. The molecule has 2 atom stereocenters. The minimum atomic E-state index is -0.992. The number of nitrogens with zero attached hydrogens (tertiary/aromatic N) is 3. The molecule has 1 aromatic heterocycles. The molecule has 0 fully saturated rings. The lowest BCUT2D eigenvalue weighted by Crippen LogP contribution is -2.32. The predicted octanol–water partition coefficient (Wildman–Crippen LogP) is 5.94. The Kier molecular flexibility index (Phi) is 6.14. The summed E-state index contributed by atoms with van der Waals surface area (Å²) in [6.07, 6.45) is 0.554.